The van der Waals surface area contributed by atoms with Crippen molar-refractivity contribution in [2.75, 3.05) is 0 Å². The number of nitrogens with zero attached hydrogens (tertiary/aromatic N) is 2. The molecule has 0 aliphatic heterocycles. The summed E-state index contributed by atoms with van der Waals surface area (Å²) in [5.41, 5.74) is 2.86. The van der Waals surface area contributed by atoms with Crippen molar-refractivity contribution in [2.24, 2.45) is 0 Å². The molecule has 0 saturated heterocycles. The monoisotopic (exact) mass is 1070 g/mol. The van der Waals surface area contributed by atoms with Crippen LogP contribution in [0.1, 0.15) is 22.3 Å². The van der Waals surface area contributed by atoms with E-state index in [0.717, 1.165) is 0 Å². The van der Waals surface area contributed by atoms with Crippen LogP contribution in [0.2, 0.25) is 0 Å². The van der Waals surface area contributed by atoms with Gasteiger partial charge in [0, 0.05) is 0 Å². The fourth-order valence-corrected chi connectivity index (χ4v) is 35.9. The van der Waals surface area contributed by atoms with Crippen LogP contribution in [0.4, 0.5) is 0 Å². The van der Waals surface area contributed by atoms with Gasteiger partial charge < -0.3 is 0 Å². The van der Waals surface area contributed by atoms with E-state index in [9.17, 15) is 0 Å². The molecule has 0 bridgehead atoms. The molecule has 0 saturated carbocycles. The first-order valence-electron chi connectivity index (χ1n) is 17.0. The fourth-order valence-electron chi connectivity index (χ4n) is 5.13. The van der Waals surface area contributed by atoms with Gasteiger partial charge in [-0.1, -0.05) is 0 Å². The molecular weight excluding hydrogens is 1030 g/mol. The zero-order valence-corrected chi connectivity index (χ0v) is 38.5. The van der Waals surface area contributed by atoms with E-state index < -0.39 is 81.1 Å². The van der Waals surface area contributed by atoms with Crippen LogP contribution in [0, 0.1) is 34.8 Å². The van der Waals surface area contributed by atoms with Crippen molar-refractivity contribution in [3.63, 3.8) is 0 Å². The number of benzene rings is 6. The molecule has 0 unspecified atom stereocenters. The molecule has 0 aliphatic rings. The quantitative estimate of drug-likeness (QED) is 0.0770. The van der Waals surface area contributed by atoms with Crippen LogP contribution in [0.25, 0.3) is 0 Å². The summed E-state index contributed by atoms with van der Waals surface area (Å²) in [7, 11) is -20.1. The van der Waals surface area contributed by atoms with Crippen LogP contribution in [-0.4, -0.2) is 37.5 Å². The summed E-state index contributed by atoms with van der Waals surface area (Å²) < 4.78 is 128. The van der Waals surface area contributed by atoms with Crippen LogP contribution in [-0.2, 0) is 41.5 Å². The average Bonchev–Trinajstić information content (AvgIpc) is 3.18. The molecule has 0 N–H and O–H groups in total. The van der Waals surface area contributed by atoms with Crippen LogP contribution in [0.3, 0.4) is 0 Å². The van der Waals surface area contributed by atoms with Crippen molar-refractivity contribution in [3.8, 4) is 0 Å². The van der Waals surface area contributed by atoms with E-state index in [4.69, 9.17) is 1.40 Å². The number of halogens is 2. The van der Waals surface area contributed by atoms with Gasteiger partial charge in [0.25, 0.3) is 0 Å². The van der Waals surface area contributed by atoms with Gasteiger partial charge in [-0.05, 0) is 0 Å². The number of hydrogen-bond acceptors (Lipinski definition) is 9. The molecule has 0 amide bonds. The van der Waals surface area contributed by atoms with E-state index in [1.165, 1.54) is 121 Å². The van der Waals surface area contributed by atoms with Gasteiger partial charge in [-0.25, -0.2) is 0 Å². The summed E-state index contributed by atoms with van der Waals surface area (Å²) in [6.07, 6.45) is 0. The Morgan fingerprint density at radius 3 is 0.754 bits per heavy atom. The molecule has 11 nitrogen and oxygen atoms in total. The first kappa shape index (κ1) is 43.0. The molecule has 0 fully saturated rings. The van der Waals surface area contributed by atoms with E-state index in [-0.39, 0.29) is 26.7 Å². The normalized spacial score (nSPS) is 13.1. The Labute approximate surface area is 351 Å². The maximum absolute atomic E-state index is 15.0. The molecule has 57 heavy (non-hydrogen) atoms. The maximum atomic E-state index is 15.0. The summed E-state index contributed by atoms with van der Waals surface area (Å²) in [5, 5.41) is 0. The van der Waals surface area contributed by atoms with Gasteiger partial charge in [-0.2, -0.15) is 0 Å². The molecule has 300 valence electrons. The van der Waals surface area contributed by atoms with Gasteiger partial charge in [-0.15, -0.1) is 0 Å². The Bertz CT molecular complexity index is 2450. The Kier molecular flexibility index (Phi) is 13.1. The van der Waals surface area contributed by atoms with Gasteiger partial charge in [0.2, 0.25) is 0 Å². The van der Waals surface area contributed by atoms with Gasteiger partial charge >= 0.3 is 354 Å². The molecule has 0 radical (unpaired) electrons. The third-order valence-electron chi connectivity index (χ3n) is 8.23. The topological polar surface area (TPSA) is 152 Å². The summed E-state index contributed by atoms with van der Waals surface area (Å²) >= 11 is -9.15. The van der Waals surface area contributed by atoms with Crippen molar-refractivity contribution in [2.45, 2.75) is 47.3 Å². The molecule has 0 heterocycles. The number of aryl methyl sites for hydroxylation is 4. The SMILES string of the molecule is Cc1ccc(S(=O)(=O)N(I(OI(c2ccccc2)N(S(=O)(=O)c2ccc(C)cc2)S(=O)(=O)c2ccc(C)cc2)c2ccccc2)S(=O)(=O)c2ccc(C)cc2)cc1. The van der Waals surface area contributed by atoms with Crippen molar-refractivity contribution < 1.29 is 35.1 Å². The fraction of sp³-hybridized carbons (Fsp3) is 0.100. The molecule has 0 atom stereocenters. The van der Waals surface area contributed by atoms with Gasteiger partial charge in [-0.3, -0.25) is 0 Å². The third-order valence-corrected chi connectivity index (χ3v) is 35.0. The molecule has 0 aliphatic carbocycles. The summed E-state index contributed by atoms with van der Waals surface area (Å²) in [4.78, 5) is -1.44. The van der Waals surface area contributed by atoms with E-state index in [1.54, 1.807) is 64.1 Å². The number of hydrogen-bond donors (Lipinski definition) is 0. The number of rotatable bonds is 14. The van der Waals surface area contributed by atoms with Crippen LogP contribution in [0.15, 0.2) is 177 Å². The van der Waals surface area contributed by atoms with E-state index >= 15 is 33.7 Å². The Hall–Kier alpha value is -3.54. The van der Waals surface area contributed by atoms with Crippen molar-refractivity contribution in [1.29, 1.82) is 0 Å². The van der Waals surface area contributed by atoms with Crippen LogP contribution >= 0.6 is 41.0 Å². The van der Waals surface area contributed by atoms with E-state index in [0.29, 0.717) is 26.1 Å². The minimum absolute atomic E-state index is 0.145. The zero-order valence-electron chi connectivity index (χ0n) is 31.0. The van der Waals surface area contributed by atoms with Crippen LogP contribution in [0.5, 0.6) is 0 Å². The predicted molar refractivity (Wildman–Crippen MR) is 237 cm³/mol. The zero-order chi connectivity index (χ0) is 41.2. The third kappa shape index (κ3) is 9.21. The van der Waals surface area contributed by atoms with E-state index in [2.05, 4.69) is 0 Å². The first-order chi connectivity index (χ1) is 26.9. The first-order valence-corrected chi connectivity index (χ1v) is 28.6. The molecule has 0 aromatic heterocycles. The standard InChI is InChI=1S/C40H38I2N2O9S4/c1-31-15-23-37(24-16-31)54(45,46)43(55(47,48)38-25-17-32(2)18-26-38)41(35-11-7-5-8-12-35)53-42(36-13-9-6-10-14-36)44(56(49,50)39-27-19-33(3)20-28-39)57(51,52)40-29-21-34(4)22-30-40/h5-30H,1-4H3. The molecule has 6 rings (SSSR count). The van der Waals surface area contributed by atoms with Gasteiger partial charge in [0.1, 0.15) is 0 Å². The summed E-state index contributed by atoms with van der Waals surface area (Å²) in [6, 6.07) is 38.1. The predicted octanol–water partition coefficient (Wildman–Crippen LogP) is 8.81. The van der Waals surface area contributed by atoms with Gasteiger partial charge in [0.15, 0.2) is 0 Å². The molecule has 6 aromatic rings. The van der Waals surface area contributed by atoms with Crippen molar-refractivity contribution in [3.05, 3.63) is 187 Å². The van der Waals surface area contributed by atoms with Gasteiger partial charge in [0.05, 0.1) is 0 Å². The summed E-state index contributed by atoms with van der Waals surface area (Å²) in [5.74, 6) is 0. The average molecular weight is 1070 g/mol. The van der Waals surface area contributed by atoms with Crippen LogP contribution < -0.4 is 0 Å². The van der Waals surface area contributed by atoms with Crippen molar-refractivity contribution >= 4 is 81.1 Å². The second kappa shape index (κ2) is 17.4. The molecule has 0 spiro atoms. The Morgan fingerprint density at radius 1 is 0.333 bits per heavy atom. The second-order valence-electron chi connectivity index (χ2n) is 12.7. The Balaban J connectivity index is 1.69. The van der Waals surface area contributed by atoms with Crippen molar-refractivity contribution in [1.82, 2.24) is 3.85 Å². The molecular formula is C40H38I2N2O9S4. The van der Waals surface area contributed by atoms with E-state index in [1.807, 2.05) is 0 Å². The molecule has 6 aromatic carbocycles. The minimum atomic E-state index is -5.02. The summed E-state index contributed by atoms with van der Waals surface area (Å²) in [6.45, 7) is 6.99. The Morgan fingerprint density at radius 2 is 0.544 bits per heavy atom. The second-order valence-corrected chi connectivity index (χ2v) is 32.5. The molecule has 17 heteroatoms. The number of sulfonamides is 4.